The Morgan fingerprint density at radius 1 is 0.906 bits per heavy atom. The van der Waals surface area contributed by atoms with Gasteiger partial charge in [0.25, 0.3) is 15.9 Å². The minimum atomic E-state index is -3.84. The number of carbonyl (C=O) groups excluding carboxylic acids is 1. The fourth-order valence-electron chi connectivity index (χ4n) is 4.19. The molecule has 0 unspecified atom stereocenters. The predicted molar refractivity (Wildman–Crippen MR) is 127 cm³/mol. The number of aryl methyl sites for hydroxylation is 4. The van der Waals surface area contributed by atoms with Crippen LogP contribution in [0.5, 0.6) is 0 Å². The van der Waals surface area contributed by atoms with Crippen LogP contribution in [-0.4, -0.2) is 14.3 Å². The molecule has 3 aromatic carbocycles. The van der Waals surface area contributed by atoms with Crippen LogP contribution in [-0.2, 0) is 16.4 Å². The topological polar surface area (TPSA) is 75.3 Å². The number of amides is 1. The van der Waals surface area contributed by atoms with Crippen LogP contribution in [0.2, 0.25) is 0 Å². The maximum atomic E-state index is 13.1. The van der Waals surface area contributed by atoms with E-state index >= 15 is 0 Å². The van der Waals surface area contributed by atoms with Gasteiger partial charge in [-0.05, 0) is 92.1 Å². The zero-order valence-corrected chi connectivity index (χ0v) is 19.4. The number of rotatable bonds is 5. The van der Waals surface area contributed by atoms with E-state index in [2.05, 4.69) is 22.2 Å². The van der Waals surface area contributed by atoms with E-state index in [0.29, 0.717) is 16.8 Å². The second-order valence-electron chi connectivity index (χ2n) is 8.50. The van der Waals surface area contributed by atoms with E-state index in [9.17, 15) is 13.2 Å². The largest absolute Gasteiger partial charge is 0.345 e. The highest BCUT2D eigenvalue weighted by Gasteiger charge is 2.24. The van der Waals surface area contributed by atoms with Crippen LogP contribution in [0.25, 0.3) is 0 Å². The van der Waals surface area contributed by atoms with E-state index < -0.39 is 10.0 Å². The van der Waals surface area contributed by atoms with Crippen molar-refractivity contribution in [2.24, 2.45) is 0 Å². The van der Waals surface area contributed by atoms with Crippen LogP contribution in [0.15, 0.2) is 65.6 Å². The van der Waals surface area contributed by atoms with Crippen molar-refractivity contribution in [1.29, 1.82) is 0 Å². The van der Waals surface area contributed by atoms with Crippen molar-refractivity contribution in [1.82, 2.24) is 5.32 Å². The smallest absolute Gasteiger partial charge is 0.262 e. The molecule has 5 nitrogen and oxygen atoms in total. The van der Waals surface area contributed by atoms with E-state index in [-0.39, 0.29) is 16.8 Å². The summed E-state index contributed by atoms with van der Waals surface area (Å²) in [5.41, 5.74) is 5.91. The summed E-state index contributed by atoms with van der Waals surface area (Å²) in [5.74, 6) is -0.269. The number of fused-ring (bicyclic) bond motifs is 1. The summed E-state index contributed by atoms with van der Waals surface area (Å²) in [5, 5.41) is 3.10. The molecule has 0 heterocycles. The van der Waals surface area contributed by atoms with E-state index in [1.807, 2.05) is 32.0 Å². The Bertz CT molecular complexity index is 1280. The van der Waals surface area contributed by atoms with E-state index in [0.717, 1.165) is 36.0 Å². The molecule has 0 fully saturated rings. The van der Waals surface area contributed by atoms with Crippen molar-refractivity contribution in [3.05, 3.63) is 94.0 Å². The molecule has 0 spiro atoms. The Labute approximate surface area is 189 Å². The average molecular weight is 449 g/mol. The molecule has 6 heteroatoms. The van der Waals surface area contributed by atoms with Gasteiger partial charge in [0.05, 0.1) is 10.9 Å². The van der Waals surface area contributed by atoms with Gasteiger partial charge in [-0.25, -0.2) is 8.42 Å². The summed E-state index contributed by atoms with van der Waals surface area (Å²) in [6.45, 7) is 5.64. The summed E-state index contributed by atoms with van der Waals surface area (Å²) < 4.78 is 28.9. The van der Waals surface area contributed by atoms with Gasteiger partial charge >= 0.3 is 0 Å². The van der Waals surface area contributed by atoms with Gasteiger partial charge in [-0.1, -0.05) is 36.4 Å². The summed E-state index contributed by atoms with van der Waals surface area (Å²) in [6, 6.07) is 18.3. The Balaban J connectivity index is 1.58. The van der Waals surface area contributed by atoms with Gasteiger partial charge in [-0.3, -0.25) is 9.52 Å². The van der Waals surface area contributed by atoms with Crippen LogP contribution >= 0.6 is 0 Å². The molecule has 0 radical (unpaired) electrons. The first-order valence-electron chi connectivity index (χ1n) is 10.8. The number of sulfonamides is 1. The van der Waals surface area contributed by atoms with Crippen molar-refractivity contribution >= 4 is 21.6 Å². The lowest BCUT2D eigenvalue weighted by Crippen LogP contribution is -2.31. The van der Waals surface area contributed by atoms with Gasteiger partial charge in [0, 0.05) is 11.3 Å². The fourth-order valence-corrected chi connectivity index (χ4v) is 5.51. The van der Waals surface area contributed by atoms with Gasteiger partial charge in [0.2, 0.25) is 0 Å². The highest BCUT2D eigenvalue weighted by atomic mass is 32.2. The van der Waals surface area contributed by atoms with Crippen molar-refractivity contribution in [3.63, 3.8) is 0 Å². The van der Waals surface area contributed by atoms with E-state index in [1.54, 1.807) is 31.2 Å². The zero-order chi connectivity index (χ0) is 22.9. The first-order valence-corrected chi connectivity index (χ1v) is 12.3. The molecule has 32 heavy (non-hydrogen) atoms. The average Bonchev–Trinajstić information content (AvgIpc) is 2.76. The monoisotopic (exact) mass is 448 g/mol. The lowest BCUT2D eigenvalue weighted by Gasteiger charge is -2.26. The standard InChI is InChI=1S/C26H28N2O3S/c1-17-12-14-22(15-19(17)3)28-32(30,31)25-16-21(13-11-18(25)2)26(29)27-24-10-6-8-20-7-4-5-9-23(20)24/h4-5,7,9,11-16,24,28H,6,8,10H2,1-3H3,(H,27,29)/t24-/m1/s1. The molecule has 1 aliphatic carbocycles. The molecule has 1 aliphatic rings. The highest BCUT2D eigenvalue weighted by molar-refractivity contribution is 7.92. The molecule has 3 aromatic rings. The molecule has 0 aliphatic heterocycles. The number of hydrogen-bond donors (Lipinski definition) is 2. The molecule has 4 rings (SSSR count). The summed E-state index contributed by atoms with van der Waals surface area (Å²) in [4.78, 5) is 13.1. The lowest BCUT2D eigenvalue weighted by atomic mass is 9.87. The van der Waals surface area contributed by atoms with Crippen LogP contribution in [0, 0.1) is 20.8 Å². The Hall–Kier alpha value is -3.12. The zero-order valence-electron chi connectivity index (χ0n) is 18.6. The third-order valence-electron chi connectivity index (χ3n) is 6.17. The molecule has 0 aromatic heterocycles. The summed E-state index contributed by atoms with van der Waals surface area (Å²) in [6.07, 6.45) is 2.89. The number of carbonyl (C=O) groups is 1. The van der Waals surface area contributed by atoms with Gasteiger partial charge in [-0.15, -0.1) is 0 Å². The summed E-state index contributed by atoms with van der Waals surface area (Å²) >= 11 is 0. The van der Waals surface area contributed by atoms with Crippen molar-refractivity contribution in [3.8, 4) is 0 Å². The maximum absolute atomic E-state index is 13.1. The van der Waals surface area contributed by atoms with E-state index in [1.165, 1.54) is 11.6 Å². The number of anilines is 1. The van der Waals surface area contributed by atoms with Crippen molar-refractivity contribution in [2.45, 2.75) is 51.0 Å². The minimum Gasteiger partial charge on any atom is -0.345 e. The molecular formula is C26H28N2O3S. The summed E-state index contributed by atoms with van der Waals surface area (Å²) in [7, 11) is -3.84. The normalized spacial score (nSPS) is 15.7. The second-order valence-corrected chi connectivity index (χ2v) is 10.2. The van der Waals surface area contributed by atoms with Crippen LogP contribution < -0.4 is 10.0 Å². The second kappa shape index (κ2) is 8.79. The first kappa shape index (κ1) is 22.1. The molecule has 1 atom stereocenters. The highest BCUT2D eigenvalue weighted by Crippen LogP contribution is 2.30. The van der Waals surface area contributed by atoms with E-state index in [4.69, 9.17) is 0 Å². The van der Waals surface area contributed by atoms with Crippen LogP contribution in [0.4, 0.5) is 5.69 Å². The van der Waals surface area contributed by atoms with Gasteiger partial charge in [0.15, 0.2) is 0 Å². The molecule has 2 N–H and O–H groups in total. The first-order chi connectivity index (χ1) is 15.2. The number of benzene rings is 3. The van der Waals surface area contributed by atoms with Gasteiger partial charge < -0.3 is 5.32 Å². The van der Waals surface area contributed by atoms with Crippen LogP contribution in [0.3, 0.4) is 0 Å². The fraction of sp³-hybridized carbons (Fsp3) is 0.269. The van der Waals surface area contributed by atoms with Gasteiger partial charge in [0.1, 0.15) is 0 Å². The molecule has 0 saturated heterocycles. The molecule has 0 bridgehead atoms. The maximum Gasteiger partial charge on any atom is 0.262 e. The number of hydrogen-bond acceptors (Lipinski definition) is 3. The third-order valence-corrected chi connectivity index (χ3v) is 7.70. The Kier molecular flexibility index (Phi) is 6.07. The van der Waals surface area contributed by atoms with Gasteiger partial charge in [-0.2, -0.15) is 0 Å². The molecule has 1 amide bonds. The Morgan fingerprint density at radius 2 is 1.66 bits per heavy atom. The lowest BCUT2D eigenvalue weighted by molar-refractivity contribution is 0.0932. The molecular weight excluding hydrogens is 420 g/mol. The predicted octanol–water partition coefficient (Wildman–Crippen LogP) is 5.22. The Morgan fingerprint density at radius 3 is 2.44 bits per heavy atom. The minimum absolute atomic E-state index is 0.0672. The van der Waals surface area contributed by atoms with Crippen molar-refractivity contribution < 1.29 is 13.2 Å². The number of nitrogens with one attached hydrogen (secondary N) is 2. The molecule has 166 valence electrons. The molecule has 0 saturated carbocycles. The van der Waals surface area contributed by atoms with Crippen LogP contribution in [0.1, 0.15) is 57.1 Å². The SMILES string of the molecule is Cc1ccc(NS(=O)(=O)c2cc(C(=O)N[C@@H]3CCCc4ccccc43)ccc2C)cc1C. The van der Waals surface area contributed by atoms with Crippen molar-refractivity contribution in [2.75, 3.05) is 4.72 Å². The quantitative estimate of drug-likeness (QED) is 0.562. The third kappa shape index (κ3) is 4.55.